The number of aliphatic imine (C=N–C) groups is 1. The molecule has 0 radical (unpaired) electrons. The molecule has 0 bridgehead atoms. The number of nitrogens with zero attached hydrogens (tertiary/aromatic N) is 1. The fraction of sp³-hybridized carbons (Fsp3) is 0.562. The predicted octanol–water partition coefficient (Wildman–Crippen LogP) is 3.49. The van der Waals surface area contributed by atoms with Crippen molar-refractivity contribution >= 4 is 29.9 Å². The Morgan fingerprint density at radius 1 is 1.24 bits per heavy atom. The van der Waals surface area contributed by atoms with Gasteiger partial charge in [0.25, 0.3) is 0 Å². The molecule has 1 heterocycles. The van der Waals surface area contributed by atoms with Crippen LogP contribution >= 0.6 is 24.0 Å². The zero-order chi connectivity index (χ0) is 17.4. The van der Waals surface area contributed by atoms with Crippen LogP contribution in [0.2, 0.25) is 0 Å². The standard InChI is InChI=1S/C16H23F2N3O3.HI/c1-3-5-6-20-16(19-4-2)21-9-11-7-13-14(23-10-22-13)8-12(11)24-15(17)18;/h7-8,15H,3-6,9-10H2,1-2H3,(H2,19,20,21);1H. The van der Waals surface area contributed by atoms with Crippen molar-refractivity contribution in [3.05, 3.63) is 17.7 Å². The van der Waals surface area contributed by atoms with E-state index in [2.05, 4.69) is 27.3 Å². The minimum atomic E-state index is -2.91. The number of unbranched alkanes of at least 4 members (excludes halogenated alkanes) is 1. The molecular weight excluding hydrogens is 447 g/mol. The number of nitrogens with one attached hydrogen (secondary N) is 2. The van der Waals surface area contributed by atoms with Crippen molar-refractivity contribution < 1.29 is 23.0 Å². The first-order valence-corrected chi connectivity index (χ1v) is 8.03. The molecule has 0 saturated carbocycles. The molecule has 0 saturated heterocycles. The summed E-state index contributed by atoms with van der Waals surface area (Å²) in [5.74, 6) is 1.58. The minimum absolute atomic E-state index is 0. The van der Waals surface area contributed by atoms with Gasteiger partial charge in [0.1, 0.15) is 5.75 Å². The molecule has 1 aliphatic rings. The summed E-state index contributed by atoms with van der Waals surface area (Å²) in [7, 11) is 0. The third-order valence-corrected chi connectivity index (χ3v) is 3.35. The van der Waals surface area contributed by atoms with Gasteiger partial charge in [0.2, 0.25) is 6.79 Å². The number of alkyl halides is 2. The Morgan fingerprint density at radius 2 is 1.96 bits per heavy atom. The molecule has 0 fully saturated rings. The topological polar surface area (TPSA) is 64.1 Å². The monoisotopic (exact) mass is 471 g/mol. The molecule has 1 aliphatic heterocycles. The van der Waals surface area contributed by atoms with Crippen LogP contribution in [0.4, 0.5) is 8.78 Å². The van der Waals surface area contributed by atoms with Crippen LogP contribution in [0.25, 0.3) is 0 Å². The van der Waals surface area contributed by atoms with Gasteiger partial charge in [-0.25, -0.2) is 4.99 Å². The molecule has 6 nitrogen and oxygen atoms in total. The summed E-state index contributed by atoms with van der Waals surface area (Å²) in [6.45, 7) is 2.90. The lowest BCUT2D eigenvalue weighted by molar-refractivity contribution is -0.0505. The van der Waals surface area contributed by atoms with Gasteiger partial charge in [0, 0.05) is 24.7 Å². The summed E-state index contributed by atoms with van der Waals surface area (Å²) in [6, 6.07) is 3.04. The second-order valence-corrected chi connectivity index (χ2v) is 5.17. The van der Waals surface area contributed by atoms with E-state index in [0.717, 1.165) is 19.4 Å². The highest BCUT2D eigenvalue weighted by Crippen LogP contribution is 2.38. The molecule has 0 unspecified atom stereocenters. The van der Waals surface area contributed by atoms with Gasteiger partial charge >= 0.3 is 6.61 Å². The molecule has 25 heavy (non-hydrogen) atoms. The molecule has 0 aliphatic carbocycles. The molecule has 142 valence electrons. The second kappa shape index (κ2) is 11.2. The summed E-state index contributed by atoms with van der Waals surface area (Å²) in [4.78, 5) is 4.42. The van der Waals surface area contributed by atoms with Crippen molar-refractivity contribution in [3.8, 4) is 17.2 Å². The van der Waals surface area contributed by atoms with Gasteiger partial charge in [-0.2, -0.15) is 8.78 Å². The maximum atomic E-state index is 12.6. The lowest BCUT2D eigenvalue weighted by Crippen LogP contribution is -2.37. The Hall–Kier alpha value is -1.52. The molecule has 0 atom stereocenters. The van der Waals surface area contributed by atoms with Crippen LogP contribution in [0.3, 0.4) is 0 Å². The number of hydrogen-bond acceptors (Lipinski definition) is 4. The third kappa shape index (κ3) is 6.71. The summed E-state index contributed by atoms with van der Waals surface area (Å²) >= 11 is 0. The molecule has 0 aromatic heterocycles. The Kier molecular flexibility index (Phi) is 9.61. The van der Waals surface area contributed by atoms with Gasteiger partial charge < -0.3 is 24.8 Å². The molecule has 0 spiro atoms. The largest absolute Gasteiger partial charge is 0.454 e. The normalized spacial score (nSPS) is 12.8. The van der Waals surface area contributed by atoms with Gasteiger partial charge in [-0.15, -0.1) is 24.0 Å². The first kappa shape index (κ1) is 21.5. The maximum Gasteiger partial charge on any atom is 0.387 e. The summed E-state index contributed by atoms with van der Waals surface area (Å²) in [6.07, 6.45) is 2.09. The number of fused-ring (bicyclic) bond motifs is 1. The number of hydrogen-bond donors (Lipinski definition) is 2. The van der Waals surface area contributed by atoms with Gasteiger partial charge in [-0.05, 0) is 19.4 Å². The smallest absolute Gasteiger partial charge is 0.387 e. The van der Waals surface area contributed by atoms with Crippen LogP contribution < -0.4 is 24.8 Å². The lowest BCUT2D eigenvalue weighted by atomic mass is 10.1. The first-order chi connectivity index (χ1) is 11.6. The highest BCUT2D eigenvalue weighted by molar-refractivity contribution is 14.0. The van der Waals surface area contributed by atoms with E-state index in [1.54, 1.807) is 6.07 Å². The fourth-order valence-corrected chi connectivity index (χ4v) is 2.18. The lowest BCUT2D eigenvalue weighted by Gasteiger charge is -2.13. The van der Waals surface area contributed by atoms with Gasteiger partial charge in [0.05, 0.1) is 6.54 Å². The highest BCUT2D eigenvalue weighted by Gasteiger charge is 2.20. The third-order valence-electron chi connectivity index (χ3n) is 3.35. The van der Waals surface area contributed by atoms with Crippen molar-refractivity contribution in [2.24, 2.45) is 4.99 Å². The Labute approximate surface area is 163 Å². The molecular formula is C16H24F2IN3O3. The number of halogens is 3. The summed E-state index contributed by atoms with van der Waals surface area (Å²) < 4.78 is 40.3. The summed E-state index contributed by atoms with van der Waals surface area (Å²) in [5, 5.41) is 6.32. The Morgan fingerprint density at radius 3 is 2.60 bits per heavy atom. The van der Waals surface area contributed by atoms with Crippen LogP contribution in [0.15, 0.2) is 17.1 Å². The van der Waals surface area contributed by atoms with Crippen molar-refractivity contribution in [2.45, 2.75) is 39.8 Å². The SMILES string of the molecule is CCCCNC(=NCc1cc2c(cc1OC(F)F)OCO2)NCC.I. The number of guanidine groups is 1. The van der Waals surface area contributed by atoms with Crippen LogP contribution in [0, 0.1) is 0 Å². The number of benzene rings is 1. The van der Waals surface area contributed by atoms with Crippen molar-refractivity contribution in [3.63, 3.8) is 0 Å². The molecule has 2 N–H and O–H groups in total. The summed E-state index contributed by atoms with van der Waals surface area (Å²) in [5.41, 5.74) is 0.507. The Bertz CT molecular complexity index is 574. The molecule has 0 amide bonds. The zero-order valence-corrected chi connectivity index (χ0v) is 16.6. The minimum Gasteiger partial charge on any atom is -0.454 e. The first-order valence-electron chi connectivity index (χ1n) is 8.03. The van der Waals surface area contributed by atoms with Crippen molar-refractivity contribution in [1.29, 1.82) is 0 Å². The zero-order valence-electron chi connectivity index (χ0n) is 14.3. The van der Waals surface area contributed by atoms with Crippen LogP contribution in [-0.2, 0) is 6.54 Å². The predicted molar refractivity (Wildman–Crippen MR) is 102 cm³/mol. The van der Waals surface area contributed by atoms with Crippen LogP contribution in [0.1, 0.15) is 32.3 Å². The average Bonchev–Trinajstić information content (AvgIpc) is 2.99. The maximum absolute atomic E-state index is 12.6. The molecule has 2 rings (SSSR count). The fourth-order valence-electron chi connectivity index (χ4n) is 2.18. The van der Waals surface area contributed by atoms with Gasteiger partial charge in [0.15, 0.2) is 17.5 Å². The van der Waals surface area contributed by atoms with Gasteiger partial charge in [-0.1, -0.05) is 13.3 Å². The van der Waals surface area contributed by atoms with Crippen LogP contribution in [-0.4, -0.2) is 32.5 Å². The van der Waals surface area contributed by atoms with E-state index in [4.69, 9.17) is 9.47 Å². The number of rotatable bonds is 8. The molecule has 1 aromatic rings. The highest BCUT2D eigenvalue weighted by atomic mass is 127. The van der Waals surface area contributed by atoms with E-state index in [9.17, 15) is 8.78 Å². The van der Waals surface area contributed by atoms with Crippen molar-refractivity contribution in [2.75, 3.05) is 19.9 Å². The molecule has 1 aromatic carbocycles. The van der Waals surface area contributed by atoms with E-state index in [-0.39, 0.29) is 43.1 Å². The van der Waals surface area contributed by atoms with Gasteiger partial charge in [-0.3, -0.25) is 0 Å². The number of ether oxygens (including phenoxy) is 3. The van der Waals surface area contributed by atoms with E-state index < -0.39 is 6.61 Å². The van der Waals surface area contributed by atoms with Crippen LogP contribution in [0.5, 0.6) is 17.2 Å². The van der Waals surface area contributed by atoms with E-state index >= 15 is 0 Å². The van der Waals surface area contributed by atoms with E-state index in [1.807, 2.05) is 6.92 Å². The second-order valence-electron chi connectivity index (χ2n) is 5.17. The molecule has 9 heteroatoms. The van der Waals surface area contributed by atoms with E-state index in [0.29, 0.717) is 29.6 Å². The quantitative estimate of drug-likeness (QED) is 0.263. The van der Waals surface area contributed by atoms with Crippen molar-refractivity contribution in [1.82, 2.24) is 10.6 Å². The Balaban J connectivity index is 0.00000312. The van der Waals surface area contributed by atoms with E-state index in [1.165, 1.54) is 6.07 Å². The average molecular weight is 471 g/mol.